The van der Waals surface area contributed by atoms with Crippen molar-refractivity contribution in [2.75, 3.05) is 7.11 Å². The van der Waals surface area contributed by atoms with Crippen molar-refractivity contribution in [3.05, 3.63) is 27.2 Å². The molecule has 0 amide bonds. The summed E-state index contributed by atoms with van der Waals surface area (Å²) in [5, 5.41) is 9.32. The highest BCUT2D eigenvalue weighted by Gasteiger charge is 2.30. The Balaban J connectivity index is 2.47. The summed E-state index contributed by atoms with van der Waals surface area (Å²) >= 11 is 3.65. The molecule has 1 aromatic rings. The number of aryl methyl sites for hydroxylation is 1. The molecule has 1 aliphatic carbocycles. The lowest BCUT2D eigenvalue weighted by Gasteiger charge is -2.25. The topological polar surface area (TPSA) is 46.5 Å². The Kier molecular flexibility index (Phi) is 4.43. The molecule has 0 saturated heterocycles. The third-order valence-electron chi connectivity index (χ3n) is 4.03. The fourth-order valence-corrected chi connectivity index (χ4v) is 3.67. The SMILES string of the molecule is COc1c(CC(C)(C)C(=O)O)cc2c(c1Br)CCCC2. The van der Waals surface area contributed by atoms with Crippen molar-refractivity contribution in [3.63, 3.8) is 0 Å². The molecule has 0 heterocycles. The first kappa shape index (κ1) is 15.4. The van der Waals surface area contributed by atoms with Crippen molar-refractivity contribution >= 4 is 21.9 Å². The van der Waals surface area contributed by atoms with Gasteiger partial charge in [-0.15, -0.1) is 0 Å². The fraction of sp³-hybridized carbons (Fsp3) is 0.562. The van der Waals surface area contributed by atoms with Gasteiger partial charge < -0.3 is 9.84 Å². The van der Waals surface area contributed by atoms with Crippen LogP contribution in [0, 0.1) is 5.41 Å². The molecule has 2 rings (SSSR count). The summed E-state index contributed by atoms with van der Waals surface area (Å²) in [5.74, 6) is 0.00775. The van der Waals surface area contributed by atoms with Crippen molar-refractivity contribution in [2.45, 2.75) is 46.0 Å². The normalized spacial score (nSPS) is 14.8. The highest BCUT2D eigenvalue weighted by atomic mass is 79.9. The Morgan fingerprint density at radius 1 is 1.40 bits per heavy atom. The van der Waals surface area contributed by atoms with E-state index in [0.29, 0.717) is 6.42 Å². The molecule has 0 radical (unpaired) electrons. The predicted octanol–water partition coefficient (Wildman–Crippen LogP) is 3.99. The van der Waals surface area contributed by atoms with Crippen LogP contribution in [0.25, 0.3) is 0 Å². The van der Waals surface area contributed by atoms with Crippen LogP contribution < -0.4 is 4.74 Å². The highest BCUT2D eigenvalue weighted by Crippen LogP contribution is 2.40. The summed E-state index contributed by atoms with van der Waals surface area (Å²) in [7, 11) is 1.65. The van der Waals surface area contributed by atoms with E-state index < -0.39 is 11.4 Å². The van der Waals surface area contributed by atoms with Crippen molar-refractivity contribution in [1.82, 2.24) is 0 Å². The number of carboxylic acids is 1. The molecular formula is C16H21BrO3. The summed E-state index contributed by atoms with van der Waals surface area (Å²) in [5.41, 5.74) is 2.84. The van der Waals surface area contributed by atoms with Gasteiger partial charge in [-0.05, 0) is 78.6 Å². The Hall–Kier alpha value is -1.03. The fourth-order valence-electron chi connectivity index (χ4n) is 2.80. The lowest BCUT2D eigenvalue weighted by molar-refractivity contribution is -0.146. The monoisotopic (exact) mass is 340 g/mol. The van der Waals surface area contributed by atoms with Crippen molar-refractivity contribution < 1.29 is 14.6 Å². The number of hydrogen-bond donors (Lipinski definition) is 1. The van der Waals surface area contributed by atoms with Gasteiger partial charge >= 0.3 is 5.97 Å². The van der Waals surface area contributed by atoms with E-state index in [1.54, 1.807) is 21.0 Å². The molecule has 0 fully saturated rings. The first-order chi connectivity index (χ1) is 9.36. The Bertz CT molecular complexity index is 535. The van der Waals surface area contributed by atoms with E-state index in [4.69, 9.17) is 4.74 Å². The van der Waals surface area contributed by atoms with Crippen LogP contribution in [0.4, 0.5) is 0 Å². The highest BCUT2D eigenvalue weighted by molar-refractivity contribution is 9.10. The summed E-state index contributed by atoms with van der Waals surface area (Å²) in [4.78, 5) is 11.3. The average Bonchev–Trinajstić information content (AvgIpc) is 2.38. The molecule has 1 N–H and O–H groups in total. The van der Waals surface area contributed by atoms with Crippen molar-refractivity contribution in [1.29, 1.82) is 0 Å². The minimum absolute atomic E-state index is 0.470. The van der Waals surface area contributed by atoms with Gasteiger partial charge in [0, 0.05) is 0 Å². The van der Waals surface area contributed by atoms with Crippen molar-refractivity contribution in [3.8, 4) is 5.75 Å². The lowest BCUT2D eigenvalue weighted by atomic mass is 9.82. The summed E-state index contributed by atoms with van der Waals surface area (Å²) in [6.45, 7) is 3.50. The van der Waals surface area contributed by atoms with Crippen LogP contribution in [0.15, 0.2) is 10.5 Å². The minimum Gasteiger partial charge on any atom is -0.495 e. The van der Waals surface area contributed by atoms with Gasteiger partial charge in [0.2, 0.25) is 0 Å². The van der Waals surface area contributed by atoms with E-state index in [2.05, 4.69) is 22.0 Å². The number of ether oxygens (including phenoxy) is 1. The first-order valence-corrected chi connectivity index (χ1v) is 7.76. The zero-order valence-electron chi connectivity index (χ0n) is 12.3. The number of halogens is 1. The molecule has 3 nitrogen and oxygen atoms in total. The van der Waals surface area contributed by atoms with Gasteiger partial charge in [-0.2, -0.15) is 0 Å². The Morgan fingerprint density at radius 2 is 2.05 bits per heavy atom. The molecule has 0 bridgehead atoms. The van der Waals surface area contributed by atoms with Crippen LogP contribution >= 0.6 is 15.9 Å². The van der Waals surface area contributed by atoms with Crippen LogP contribution in [0.1, 0.15) is 43.4 Å². The molecule has 1 aliphatic rings. The number of hydrogen-bond acceptors (Lipinski definition) is 2. The van der Waals surface area contributed by atoms with E-state index in [-0.39, 0.29) is 0 Å². The number of aliphatic carboxylic acids is 1. The number of carbonyl (C=O) groups is 1. The molecule has 4 heteroatoms. The maximum absolute atomic E-state index is 11.3. The van der Waals surface area contributed by atoms with Gasteiger partial charge in [0.05, 0.1) is 17.0 Å². The maximum Gasteiger partial charge on any atom is 0.309 e. The Morgan fingerprint density at radius 3 is 2.65 bits per heavy atom. The predicted molar refractivity (Wildman–Crippen MR) is 82.5 cm³/mol. The minimum atomic E-state index is -0.796. The maximum atomic E-state index is 11.3. The molecule has 1 aromatic carbocycles. The summed E-state index contributed by atoms with van der Waals surface area (Å²) in [6.07, 6.45) is 5.01. The molecule has 0 unspecified atom stereocenters. The number of rotatable bonds is 4. The third kappa shape index (κ3) is 2.85. The number of methoxy groups -OCH3 is 1. The van der Waals surface area contributed by atoms with E-state index in [1.807, 2.05) is 0 Å². The van der Waals surface area contributed by atoms with Crippen LogP contribution in [0.5, 0.6) is 5.75 Å². The largest absolute Gasteiger partial charge is 0.495 e. The molecule has 0 aromatic heterocycles. The molecule has 0 saturated carbocycles. The molecule has 0 atom stereocenters. The standard InChI is InChI=1S/C16H21BrO3/c1-16(2,15(18)19)9-11-8-10-6-4-5-7-12(10)13(17)14(11)20-3/h8H,4-7,9H2,1-3H3,(H,18,19). The zero-order valence-corrected chi connectivity index (χ0v) is 13.8. The van der Waals surface area contributed by atoms with E-state index >= 15 is 0 Å². The molecule has 0 spiro atoms. The van der Waals surface area contributed by atoms with E-state index in [9.17, 15) is 9.90 Å². The Labute approximate surface area is 128 Å². The van der Waals surface area contributed by atoms with Gasteiger partial charge in [-0.3, -0.25) is 4.79 Å². The second-order valence-electron chi connectivity index (χ2n) is 6.09. The van der Waals surface area contributed by atoms with Crippen LogP contribution in [-0.4, -0.2) is 18.2 Å². The molecular weight excluding hydrogens is 320 g/mol. The average molecular weight is 341 g/mol. The van der Waals surface area contributed by atoms with Gasteiger partial charge in [-0.1, -0.05) is 6.07 Å². The second-order valence-corrected chi connectivity index (χ2v) is 6.89. The number of fused-ring (bicyclic) bond motifs is 1. The number of carboxylic acid groups (broad SMARTS) is 1. The van der Waals surface area contributed by atoms with Crippen molar-refractivity contribution in [2.24, 2.45) is 5.41 Å². The molecule has 0 aliphatic heterocycles. The van der Waals surface area contributed by atoms with Gasteiger partial charge in [0.1, 0.15) is 5.75 Å². The molecule has 110 valence electrons. The van der Waals surface area contributed by atoms with Crippen LogP contribution in [0.3, 0.4) is 0 Å². The first-order valence-electron chi connectivity index (χ1n) is 6.97. The lowest BCUT2D eigenvalue weighted by Crippen LogP contribution is -2.26. The summed E-state index contributed by atoms with van der Waals surface area (Å²) in [6, 6.07) is 2.14. The van der Waals surface area contributed by atoms with Gasteiger partial charge in [0.25, 0.3) is 0 Å². The third-order valence-corrected chi connectivity index (χ3v) is 4.87. The molecule has 20 heavy (non-hydrogen) atoms. The smallest absolute Gasteiger partial charge is 0.309 e. The van der Waals surface area contributed by atoms with Gasteiger partial charge in [-0.25, -0.2) is 0 Å². The van der Waals surface area contributed by atoms with Gasteiger partial charge in [0.15, 0.2) is 0 Å². The van der Waals surface area contributed by atoms with E-state index in [0.717, 1.165) is 28.6 Å². The van der Waals surface area contributed by atoms with E-state index in [1.165, 1.54) is 24.0 Å². The number of benzene rings is 1. The summed E-state index contributed by atoms with van der Waals surface area (Å²) < 4.78 is 6.54. The quantitative estimate of drug-likeness (QED) is 0.901. The van der Waals surface area contributed by atoms with Crippen LogP contribution in [-0.2, 0) is 24.1 Å². The van der Waals surface area contributed by atoms with Crippen LogP contribution in [0.2, 0.25) is 0 Å². The zero-order chi connectivity index (χ0) is 14.9. The second kappa shape index (κ2) is 5.76.